The van der Waals surface area contributed by atoms with E-state index in [1.54, 1.807) is 36.4 Å². The molecule has 4 rings (SSSR count). The summed E-state index contributed by atoms with van der Waals surface area (Å²) < 4.78 is 28.5. The van der Waals surface area contributed by atoms with Crippen LogP contribution >= 0.6 is 23.2 Å². The fraction of sp³-hybridized carbons (Fsp3) is 0.333. The van der Waals surface area contributed by atoms with E-state index in [0.717, 1.165) is 38.8 Å². The topological polar surface area (TPSA) is 108 Å². The van der Waals surface area contributed by atoms with Crippen molar-refractivity contribution in [1.29, 1.82) is 0 Å². The number of nitro benzene ring substituents is 1. The van der Waals surface area contributed by atoms with E-state index in [4.69, 9.17) is 23.2 Å². The molecule has 0 unspecified atom stereocenters. The Morgan fingerprint density at radius 1 is 0.949 bits per heavy atom. The van der Waals surface area contributed by atoms with Crippen molar-refractivity contribution in [3.63, 3.8) is 0 Å². The van der Waals surface area contributed by atoms with Gasteiger partial charge in [0.05, 0.1) is 15.9 Å². The first-order valence-corrected chi connectivity index (χ1v) is 14.8. The van der Waals surface area contributed by atoms with Crippen LogP contribution in [0.4, 0.5) is 11.4 Å². The molecular weight excluding hydrogens is 561 g/mol. The Morgan fingerprint density at radius 2 is 1.54 bits per heavy atom. The van der Waals surface area contributed by atoms with Gasteiger partial charge in [-0.05, 0) is 55.4 Å². The standard InChI is InChI=1S/C27H31Cl2N5O4S/c1-32-15-17-33(18-16-32)14-6-13-30-39(37,38)20-11-12-25(26(19-20)34(35)36)31-27(21-7-2-4-9-23(21)28)22-8-3-5-10-24(22)29/h2-5,7-12,19,27,30-31H,6,13-18H2,1H3. The highest BCUT2D eigenvalue weighted by atomic mass is 35.5. The Kier molecular flexibility index (Phi) is 9.81. The van der Waals surface area contributed by atoms with E-state index in [1.165, 1.54) is 12.1 Å². The molecule has 208 valence electrons. The van der Waals surface area contributed by atoms with Gasteiger partial charge in [0.2, 0.25) is 10.0 Å². The lowest BCUT2D eigenvalue weighted by atomic mass is 9.98. The van der Waals surface area contributed by atoms with Gasteiger partial charge in [-0.25, -0.2) is 13.1 Å². The molecule has 12 heteroatoms. The number of hydrogen-bond donors (Lipinski definition) is 2. The predicted octanol–water partition coefficient (Wildman–Crippen LogP) is 5.02. The molecule has 0 saturated carbocycles. The number of likely N-dealkylation sites (N-methyl/N-ethyl adjacent to an activating group) is 1. The number of piperazine rings is 1. The minimum atomic E-state index is -3.94. The maximum atomic E-state index is 13.0. The quantitative estimate of drug-likeness (QED) is 0.183. The van der Waals surface area contributed by atoms with Gasteiger partial charge in [-0.3, -0.25) is 10.1 Å². The maximum Gasteiger partial charge on any atom is 0.293 e. The lowest BCUT2D eigenvalue weighted by molar-refractivity contribution is -0.384. The van der Waals surface area contributed by atoms with E-state index in [-0.39, 0.29) is 22.8 Å². The average molecular weight is 593 g/mol. The molecule has 0 atom stereocenters. The second-order valence-corrected chi connectivity index (χ2v) is 12.0. The van der Waals surface area contributed by atoms with Crippen molar-refractivity contribution < 1.29 is 13.3 Å². The van der Waals surface area contributed by atoms with Crippen LogP contribution in [0.15, 0.2) is 71.6 Å². The van der Waals surface area contributed by atoms with Gasteiger partial charge < -0.3 is 15.1 Å². The molecule has 1 aliphatic heterocycles. The lowest BCUT2D eigenvalue weighted by Crippen LogP contribution is -2.45. The number of nitrogens with zero attached hydrogens (tertiary/aromatic N) is 3. The summed E-state index contributed by atoms with van der Waals surface area (Å²) in [6.07, 6.45) is 0.641. The third kappa shape index (κ3) is 7.47. The van der Waals surface area contributed by atoms with Gasteiger partial charge in [0.25, 0.3) is 5.69 Å². The van der Waals surface area contributed by atoms with Crippen molar-refractivity contribution in [1.82, 2.24) is 14.5 Å². The van der Waals surface area contributed by atoms with E-state index in [1.807, 2.05) is 12.1 Å². The molecule has 2 N–H and O–H groups in total. The summed E-state index contributed by atoms with van der Waals surface area (Å²) in [5.74, 6) is 0. The van der Waals surface area contributed by atoms with Gasteiger partial charge in [0.1, 0.15) is 5.69 Å². The number of hydrogen-bond acceptors (Lipinski definition) is 7. The zero-order valence-electron chi connectivity index (χ0n) is 21.5. The highest BCUT2D eigenvalue weighted by Crippen LogP contribution is 2.38. The normalized spacial score (nSPS) is 15.0. The Hall–Kier alpha value is -2.73. The van der Waals surface area contributed by atoms with Crippen molar-refractivity contribution in [2.24, 2.45) is 0 Å². The zero-order chi connectivity index (χ0) is 28.0. The van der Waals surface area contributed by atoms with Crippen molar-refractivity contribution in [3.8, 4) is 0 Å². The Labute approximate surface area is 238 Å². The molecular formula is C27H31Cl2N5O4S. The minimum Gasteiger partial charge on any atom is -0.368 e. The van der Waals surface area contributed by atoms with Gasteiger partial charge >= 0.3 is 0 Å². The number of nitro groups is 1. The lowest BCUT2D eigenvalue weighted by Gasteiger charge is -2.32. The molecule has 9 nitrogen and oxygen atoms in total. The molecule has 3 aromatic carbocycles. The first kappa shape index (κ1) is 29.3. The number of rotatable bonds is 11. The molecule has 1 aliphatic rings. The molecule has 0 aromatic heterocycles. The summed E-state index contributed by atoms with van der Waals surface area (Å²) in [6, 6.07) is 17.5. The third-order valence-corrected chi connectivity index (χ3v) is 8.89. The summed E-state index contributed by atoms with van der Waals surface area (Å²) in [5.41, 5.74) is 1.10. The van der Waals surface area contributed by atoms with Crippen LogP contribution in [0.3, 0.4) is 0 Å². The summed E-state index contributed by atoms with van der Waals surface area (Å²) in [5, 5.41) is 16.1. The first-order chi connectivity index (χ1) is 18.7. The number of anilines is 1. The highest BCUT2D eigenvalue weighted by Gasteiger charge is 2.26. The molecule has 0 aliphatic carbocycles. The van der Waals surface area contributed by atoms with Crippen LogP contribution in [0.5, 0.6) is 0 Å². The second kappa shape index (κ2) is 13.1. The average Bonchev–Trinajstić information content (AvgIpc) is 2.91. The second-order valence-electron chi connectivity index (χ2n) is 9.45. The van der Waals surface area contributed by atoms with E-state index >= 15 is 0 Å². The number of nitrogens with one attached hydrogen (secondary N) is 2. The number of halogens is 2. The van der Waals surface area contributed by atoms with Crippen LogP contribution < -0.4 is 10.0 Å². The summed E-state index contributed by atoms with van der Waals surface area (Å²) in [7, 11) is -1.86. The van der Waals surface area contributed by atoms with E-state index < -0.39 is 21.0 Å². The van der Waals surface area contributed by atoms with Crippen LogP contribution in [0.25, 0.3) is 0 Å². The zero-order valence-corrected chi connectivity index (χ0v) is 23.8. The summed E-state index contributed by atoms with van der Waals surface area (Å²) in [6.45, 7) is 4.90. The Morgan fingerprint density at radius 3 is 2.10 bits per heavy atom. The smallest absolute Gasteiger partial charge is 0.293 e. The minimum absolute atomic E-state index is 0.138. The Bertz CT molecular complexity index is 1370. The number of benzene rings is 3. The SMILES string of the molecule is CN1CCN(CCCNS(=O)(=O)c2ccc(NC(c3ccccc3Cl)c3ccccc3Cl)c([N+](=O)[O-])c2)CC1. The van der Waals surface area contributed by atoms with Gasteiger partial charge in [0, 0.05) is 48.8 Å². The summed E-state index contributed by atoms with van der Waals surface area (Å²) >= 11 is 13.0. The van der Waals surface area contributed by atoms with Crippen LogP contribution in [-0.2, 0) is 10.0 Å². The molecule has 0 bridgehead atoms. The van der Waals surface area contributed by atoms with Crippen LogP contribution in [-0.4, -0.2) is 69.5 Å². The fourth-order valence-electron chi connectivity index (χ4n) is 4.51. The summed E-state index contributed by atoms with van der Waals surface area (Å²) in [4.78, 5) is 15.8. The molecule has 0 radical (unpaired) electrons. The van der Waals surface area contributed by atoms with Crippen molar-refractivity contribution in [2.45, 2.75) is 17.4 Å². The number of sulfonamides is 1. The first-order valence-electron chi connectivity index (χ1n) is 12.6. The molecule has 1 fully saturated rings. The van der Waals surface area contributed by atoms with Crippen LogP contribution in [0.2, 0.25) is 10.0 Å². The van der Waals surface area contributed by atoms with Gasteiger partial charge in [-0.2, -0.15) is 0 Å². The van der Waals surface area contributed by atoms with E-state index in [0.29, 0.717) is 27.6 Å². The highest BCUT2D eigenvalue weighted by molar-refractivity contribution is 7.89. The molecule has 0 spiro atoms. The third-order valence-electron chi connectivity index (χ3n) is 6.75. The van der Waals surface area contributed by atoms with Crippen LogP contribution in [0, 0.1) is 10.1 Å². The fourth-order valence-corrected chi connectivity index (χ4v) is 6.10. The molecule has 39 heavy (non-hydrogen) atoms. The van der Waals surface area contributed by atoms with Crippen LogP contribution in [0.1, 0.15) is 23.6 Å². The predicted molar refractivity (Wildman–Crippen MR) is 155 cm³/mol. The van der Waals surface area contributed by atoms with E-state index in [9.17, 15) is 18.5 Å². The van der Waals surface area contributed by atoms with Crippen molar-refractivity contribution in [2.75, 3.05) is 51.6 Å². The molecule has 3 aromatic rings. The van der Waals surface area contributed by atoms with Crippen molar-refractivity contribution >= 4 is 44.6 Å². The Balaban J connectivity index is 1.54. The van der Waals surface area contributed by atoms with E-state index in [2.05, 4.69) is 26.9 Å². The van der Waals surface area contributed by atoms with Gasteiger partial charge in [0.15, 0.2) is 0 Å². The monoisotopic (exact) mass is 591 g/mol. The van der Waals surface area contributed by atoms with Gasteiger partial charge in [-0.1, -0.05) is 59.6 Å². The van der Waals surface area contributed by atoms with Gasteiger partial charge in [-0.15, -0.1) is 0 Å². The molecule has 1 saturated heterocycles. The molecule has 1 heterocycles. The van der Waals surface area contributed by atoms with Crippen molar-refractivity contribution in [3.05, 3.63) is 98.0 Å². The molecule has 0 amide bonds. The largest absolute Gasteiger partial charge is 0.368 e. The maximum absolute atomic E-state index is 13.0.